The summed E-state index contributed by atoms with van der Waals surface area (Å²) < 4.78 is 45.2. The summed E-state index contributed by atoms with van der Waals surface area (Å²) >= 11 is 0. The lowest BCUT2D eigenvalue weighted by Gasteiger charge is -2.36. The number of nitrogens with one attached hydrogen (secondary N) is 1. The van der Waals surface area contributed by atoms with E-state index in [0.717, 1.165) is 12.1 Å². The number of carbonyl (C=O) groups is 1. The first-order valence-electron chi connectivity index (χ1n) is 9.75. The quantitative estimate of drug-likeness (QED) is 0.664. The molecule has 0 radical (unpaired) electrons. The van der Waals surface area contributed by atoms with Crippen molar-refractivity contribution in [3.8, 4) is 0 Å². The van der Waals surface area contributed by atoms with Gasteiger partial charge in [0.1, 0.15) is 5.69 Å². The smallest absolute Gasteiger partial charge is 0.246 e. The molecule has 1 aromatic carbocycles. The number of carbonyl (C=O) groups excluding carboxylic acids is 1. The summed E-state index contributed by atoms with van der Waals surface area (Å²) in [7, 11) is 1.81. The van der Waals surface area contributed by atoms with Crippen LogP contribution in [0.5, 0.6) is 0 Å². The molecule has 0 bridgehead atoms. The summed E-state index contributed by atoms with van der Waals surface area (Å²) in [5, 5.41) is 3.25. The maximum atomic E-state index is 13.3. The lowest BCUT2D eigenvalue weighted by atomic mass is 9.89. The molecule has 1 aliphatic carbocycles. The van der Waals surface area contributed by atoms with Gasteiger partial charge in [0.25, 0.3) is 0 Å². The Bertz CT molecular complexity index is 946. The van der Waals surface area contributed by atoms with Crippen LogP contribution in [-0.4, -0.2) is 48.2 Å². The van der Waals surface area contributed by atoms with Crippen molar-refractivity contribution < 1.29 is 22.7 Å². The number of amides is 1. The fourth-order valence-corrected chi connectivity index (χ4v) is 3.66. The van der Waals surface area contributed by atoms with Crippen molar-refractivity contribution in [3.05, 3.63) is 41.3 Å². The van der Waals surface area contributed by atoms with Crippen LogP contribution in [0.25, 0.3) is 0 Å². The number of ether oxygens (including phenoxy) is 1. The van der Waals surface area contributed by atoms with E-state index in [4.69, 9.17) is 4.74 Å². The predicted octanol–water partition coefficient (Wildman–Crippen LogP) is 4.13. The van der Waals surface area contributed by atoms with E-state index in [1.807, 2.05) is 14.0 Å². The Morgan fingerprint density at radius 2 is 1.84 bits per heavy atom. The van der Waals surface area contributed by atoms with Crippen LogP contribution >= 0.6 is 0 Å². The highest BCUT2D eigenvalue weighted by atomic mass is 19.2. The Balaban J connectivity index is 0.00000181. The Morgan fingerprint density at radius 1 is 1.19 bits per heavy atom. The normalized spacial score (nSPS) is 19.5. The molecule has 1 amide bonds. The molecule has 1 aromatic heterocycles. The summed E-state index contributed by atoms with van der Waals surface area (Å²) in [4.78, 5) is 24.4. The third-order valence-electron chi connectivity index (χ3n) is 5.35. The standard InChI is InChI=1S/C20H22F3N5O2.2CH4/c1-3-28-16-8-24-20(26-19(16)27(2)9-17(28)29)25-12-6-13(7-12)30-10-11-4-14(21)18(23)15(22)5-11;;/h4-5,8,12-13H,3,6-7,9-10H2,1-2H3,(H,24,25,26);2*1H4. The second kappa shape index (κ2) is 10.2. The van der Waals surface area contributed by atoms with Crippen molar-refractivity contribution in [2.75, 3.05) is 35.3 Å². The van der Waals surface area contributed by atoms with Gasteiger partial charge >= 0.3 is 0 Å². The number of hydrogen-bond acceptors (Lipinski definition) is 6. The second-order valence-corrected chi connectivity index (χ2v) is 7.52. The van der Waals surface area contributed by atoms with E-state index in [0.29, 0.717) is 36.8 Å². The molecule has 2 aliphatic rings. The van der Waals surface area contributed by atoms with Gasteiger partial charge in [-0.15, -0.1) is 0 Å². The summed E-state index contributed by atoms with van der Waals surface area (Å²) in [6.45, 7) is 2.73. The number of aromatic nitrogens is 2. The van der Waals surface area contributed by atoms with E-state index in [-0.39, 0.29) is 51.6 Å². The summed E-state index contributed by atoms with van der Waals surface area (Å²) in [5.41, 5.74) is 0.939. The molecule has 1 aliphatic heterocycles. The van der Waals surface area contributed by atoms with E-state index < -0.39 is 17.5 Å². The molecular formula is C22H30F3N5O2. The van der Waals surface area contributed by atoms with Crippen LogP contribution in [0.2, 0.25) is 0 Å². The fourth-order valence-electron chi connectivity index (χ4n) is 3.66. The van der Waals surface area contributed by atoms with Crippen LogP contribution < -0.4 is 15.1 Å². The van der Waals surface area contributed by atoms with Gasteiger partial charge in [0.15, 0.2) is 23.3 Å². The van der Waals surface area contributed by atoms with Gasteiger partial charge in [-0.1, -0.05) is 14.9 Å². The third kappa shape index (κ3) is 4.95. The van der Waals surface area contributed by atoms with Crippen molar-refractivity contribution in [1.82, 2.24) is 9.97 Å². The van der Waals surface area contributed by atoms with Crippen molar-refractivity contribution in [1.29, 1.82) is 0 Å². The average molecular weight is 454 g/mol. The molecule has 2 aromatic rings. The van der Waals surface area contributed by atoms with Crippen molar-refractivity contribution in [2.24, 2.45) is 0 Å². The molecule has 10 heteroatoms. The highest BCUT2D eigenvalue weighted by Gasteiger charge is 2.32. The fraction of sp³-hybridized carbons (Fsp3) is 0.500. The Morgan fingerprint density at radius 3 is 2.47 bits per heavy atom. The average Bonchev–Trinajstić information content (AvgIpc) is 2.68. The monoisotopic (exact) mass is 453 g/mol. The Labute approximate surface area is 186 Å². The topological polar surface area (TPSA) is 70.6 Å². The lowest BCUT2D eigenvalue weighted by Crippen LogP contribution is -2.45. The second-order valence-electron chi connectivity index (χ2n) is 7.52. The first-order valence-corrected chi connectivity index (χ1v) is 9.75. The third-order valence-corrected chi connectivity index (χ3v) is 5.35. The molecular weight excluding hydrogens is 423 g/mol. The maximum Gasteiger partial charge on any atom is 0.246 e. The van der Waals surface area contributed by atoms with Gasteiger partial charge in [-0.05, 0) is 37.5 Å². The van der Waals surface area contributed by atoms with Crippen LogP contribution in [-0.2, 0) is 16.1 Å². The molecule has 0 unspecified atom stereocenters. The largest absolute Gasteiger partial charge is 0.373 e. The predicted molar refractivity (Wildman–Crippen MR) is 118 cm³/mol. The van der Waals surface area contributed by atoms with Gasteiger partial charge in [-0.2, -0.15) is 4.98 Å². The number of hydrogen-bond donors (Lipinski definition) is 1. The molecule has 1 fully saturated rings. The Kier molecular flexibility index (Phi) is 8.06. The minimum absolute atomic E-state index is 0. The number of nitrogens with zero attached hydrogens (tertiary/aromatic N) is 4. The van der Waals surface area contributed by atoms with Gasteiger partial charge in [-0.25, -0.2) is 18.2 Å². The van der Waals surface area contributed by atoms with Crippen LogP contribution in [0.1, 0.15) is 40.2 Å². The van der Waals surface area contributed by atoms with Gasteiger partial charge in [0.2, 0.25) is 11.9 Å². The minimum Gasteiger partial charge on any atom is -0.373 e. The Hall–Kier alpha value is -2.88. The van der Waals surface area contributed by atoms with Crippen molar-refractivity contribution in [2.45, 2.75) is 53.4 Å². The van der Waals surface area contributed by atoms with Crippen molar-refractivity contribution >= 4 is 23.4 Å². The van der Waals surface area contributed by atoms with E-state index >= 15 is 0 Å². The highest BCUT2D eigenvalue weighted by molar-refractivity contribution is 6.02. The summed E-state index contributed by atoms with van der Waals surface area (Å²) in [5.74, 6) is -2.75. The number of halogens is 3. The number of benzene rings is 1. The first-order chi connectivity index (χ1) is 14.4. The van der Waals surface area contributed by atoms with Gasteiger partial charge in [-0.3, -0.25) is 4.79 Å². The van der Waals surface area contributed by atoms with Gasteiger partial charge in [0, 0.05) is 19.6 Å². The highest BCUT2D eigenvalue weighted by Crippen LogP contribution is 2.32. The molecule has 1 saturated carbocycles. The van der Waals surface area contributed by atoms with Gasteiger partial charge in [0.05, 0.1) is 25.5 Å². The number of likely N-dealkylation sites (N-methyl/N-ethyl adjacent to an activating group) is 2. The zero-order valence-electron chi connectivity index (χ0n) is 16.7. The van der Waals surface area contributed by atoms with E-state index in [9.17, 15) is 18.0 Å². The van der Waals surface area contributed by atoms with Crippen LogP contribution in [0.3, 0.4) is 0 Å². The van der Waals surface area contributed by atoms with E-state index in [1.54, 1.807) is 16.0 Å². The number of anilines is 3. The number of fused-ring (bicyclic) bond motifs is 1. The molecule has 7 nitrogen and oxygen atoms in total. The van der Waals surface area contributed by atoms with Crippen molar-refractivity contribution in [3.63, 3.8) is 0 Å². The minimum atomic E-state index is -1.48. The van der Waals surface area contributed by atoms with Crippen LogP contribution in [0.15, 0.2) is 18.3 Å². The zero-order valence-corrected chi connectivity index (χ0v) is 16.7. The molecule has 176 valence electrons. The molecule has 1 N–H and O–H groups in total. The SMILES string of the molecule is C.C.CCN1C(=O)CN(C)c2nc(NC3CC(OCc4cc(F)c(F)c(F)c4)C3)ncc21. The molecule has 4 rings (SSSR count). The van der Waals surface area contributed by atoms with Gasteiger partial charge < -0.3 is 19.9 Å². The molecule has 0 saturated heterocycles. The maximum absolute atomic E-state index is 13.3. The molecule has 0 spiro atoms. The lowest BCUT2D eigenvalue weighted by molar-refractivity contribution is -0.117. The van der Waals surface area contributed by atoms with E-state index in [1.165, 1.54) is 0 Å². The van der Waals surface area contributed by atoms with Crippen LogP contribution in [0, 0.1) is 17.5 Å². The first kappa shape index (κ1) is 25.4. The summed E-state index contributed by atoms with van der Waals surface area (Å²) in [6.07, 6.45) is 2.93. The molecule has 0 atom stereocenters. The van der Waals surface area contributed by atoms with Crippen LogP contribution in [0.4, 0.5) is 30.6 Å². The number of rotatable bonds is 6. The summed E-state index contributed by atoms with van der Waals surface area (Å²) in [6, 6.07) is 1.98. The molecule has 32 heavy (non-hydrogen) atoms. The molecule has 2 heterocycles. The zero-order chi connectivity index (χ0) is 21.4. The van der Waals surface area contributed by atoms with E-state index in [2.05, 4.69) is 15.3 Å².